The summed E-state index contributed by atoms with van der Waals surface area (Å²) in [4.78, 5) is 26.0. The number of halogens is 1. The Balaban J connectivity index is 1.72. The fourth-order valence-corrected chi connectivity index (χ4v) is 3.71. The highest BCUT2D eigenvalue weighted by Crippen LogP contribution is 2.23. The Hall–Kier alpha value is -2.34. The van der Waals surface area contributed by atoms with Crippen LogP contribution in [0.4, 0.5) is 0 Å². The van der Waals surface area contributed by atoms with E-state index >= 15 is 0 Å². The van der Waals surface area contributed by atoms with Gasteiger partial charge in [-0.25, -0.2) is 4.68 Å². The third kappa shape index (κ3) is 4.50. The molecule has 1 fully saturated rings. The fourth-order valence-electron chi connectivity index (χ4n) is 3.52. The Morgan fingerprint density at radius 3 is 2.67 bits per heavy atom. The number of carbonyl (C=O) groups excluding carboxylic acids is 2. The molecule has 1 N–H and O–H groups in total. The molecule has 0 aliphatic carbocycles. The van der Waals surface area contributed by atoms with Crippen molar-refractivity contribution in [3.05, 3.63) is 46.7 Å². The topological polar surface area (TPSA) is 67.2 Å². The first-order valence-corrected chi connectivity index (χ1v) is 9.74. The van der Waals surface area contributed by atoms with Gasteiger partial charge in [-0.2, -0.15) is 5.10 Å². The lowest BCUT2D eigenvalue weighted by atomic mass is 9.96. The Bertz CT molecular complexity index is 825. The predicted octanol–water partition coefficient (Wildman–Crippen LogP) is 3.08. The lowest BCUT2D eigenvalue weighted by molar-refractivity contribution is -0.119. The van der Waals surface area contributed by atoms with E-state index in [0.717, 1.165) is 24.2 Å². The number of rotatable bonds is 5. The molecule has 6 nitrogen and oxygen atoms in total. The molecular formula is C20H25ClN4O2. The minimum absolute atomic E-state index is 0.00507. The van der Waals surface area contributed by atoms with Crippen molar-refractivity contribution in [3.63, 3.8) is 0 Å². The average molecular weight is 389 g/mol. The van der Waals surface area contributed by atoms with Gasteiger partial charge in [0.05, 0.1) is 23.1 Å². The van der Waals surface area contributed by atoms with E-state index in [9.17, 15) is 9.59 Å². The smallest absolute Gasteiger partial charge is 0.257 e. The molecule has 0 saturated carbocycles. The van der Waals surface area contributed by atoms with Gasteiger partial charge in [-0.1, -0.05) is 24.6 Å². The number of amides is 2. The zero-order valence-electron chi connectivity index (χ0n) is 15.7. The summed E-state index contributed by atoms with van der Waals surface area (Å²) in [5, 5.41) is 7.95. The predicted molar refractivity (Wildman–Crippen MR) is 105 cm³/mol. The maximum absolute atomic E-state index is 13.0. The maximum Gasteiger partial charge on any atom is 0.257 e. The SMILES string of the molecule is CCc1c(C(=O)N2CCC(CNC(C)=O)CC2)cnn1-c1cccc(Cl)c1. The molecule has 2 aromatic rings. The van der Waals surface area contributed by atoms with Gasteiger partial charge in [0.1, 0.15) is 0 Å². The number of nitrogens with one attached hydrogen (secondary N) is 1. The molecule has 0 radical (unpaired) electrons. The van der Waals surface area contributed by atoms with Gasteiger partial charge >= 0.3 is 0 Å². The molecule has 3 rings (SSSR count). The lowest BCUT2D eigenvalue weighted by Gasteiger charge is -2.32. The van der Waals surface area contributed by atoms with Gasteiger partial charge < -0.3 is 10.2 Å². The first-order valence-electron chi connectivity index (χ1n) is 9.36. The van der Waals surface area contributed by atoms with E-state index in [-0.39, 0.29) is 11.8 Å². The van der Waals surface area contributed by atoms with Gasteiger partial charge in [0.2, 0.25) is 5.91 Å². The molecule has 1 saturated heterocycles. The zero-order valence-corrected chi connectivity index (χ0v) is 16.5. The minimum atomic E-state index is -0.00507. The number of benzene rings is 1. The van der Waals surface area contributed by atoms with Crippen molar-refractivity contribution < 1.29 is 9.59 Å². The van der Waals surface area contributed by atoms with Crippen LogP contribution < -0.4 is 5.32 Å². The van der Waals surface area contributed by atoms with Crippen molar-refractivity contribution >= 4 is 23.4 Å². The summed E-state index contributed by atoms with van der Waals surface area (Å²) in [6.45, 7) is 5.64. The summed E-state index contributed by atoms with van der Waals surface area (Å²) in [6.07, 6.45) is 4.16. The number of nitrogens with zero attached hydrogens (tertiary/aromatic N) is 3. The second-order valence-electron chi connectivity index (χ2n) is 6.92. The largest absolute Gasteiger partial charge is 0.356 e. The highest BCUT2D eigenvalue weighted by Gasteiger charge is 2.26. The summed E-state index contributed by atoms with van der Waals surface area (Å²) in [5.41, 5.74) is 2.40. The molecule has 0 bridgehead atoms. The van der Waals surface area contributed by atoms with Crippen molar-refractivity contribution in [2.75, 3.05) is 19.6 Å². The van der Waals surface area contributed by atoms with E-state index in [2.05, 4.69) is 10.4 Å². The van der Waals surface area contributed by atoms with Gasteiger partial charge in [-0.3, -0.25) is 9.59 Å². The van der Waals surface area contributed by atoms with Gasteiger partial charge in [0, 0.05) is 31.6 Å². The first-order chi connectivity index (χ1) is 13.0. The van der Waals surface area contributed by atoms with Gasteiger partial charge in [-0.05, 0) is 43.4 Å². The van der Waals surface area contributed by atoms with Crippen LogP contribution in [0.2, 0.25) is 5.02 Å². The second-order valence-corrected chi connectivity index (χ2v) is 7.36. The van der Waals surface area contributed by atoms with Crippen molar-refractivity contribution in [1.82, 2.24) is 20.0 Å². The van der Waals surface area contributed by atoms with Crippen molar-refractivity contribution in [2.24, 2.45) is 5.92 Å². The molecule has 0 unspecified atom stereocenters. The third-order valence-corrected chi connectivity index (χ3v) is 5.26. The van der Waals surface area contributed by atoms with Gasteiger partial charge in [-0.15, -0.1) is 0 Å². The summed E-state index contributed by atoms with van der Waals surface area (Å²) in [6, 6.07) is 7.47. The number of hydrogen-bond acceptors (Lipinski definition) is 3. The Morgan fingerprint density at radius 2 is 2.04 bits per heavy atom. The van der Waals surface area contributed by atoms with E-state index in [4.69, 9.17) is 11.6 Å². The molecule has 2 amide bonds. The fraction of sp³-hybridized carbons (Fsp3) is 0.450. The molecule has 27 heavy (non-hydrogen) atoms. The quantitative estimate of drug-likeness (QED) is 0.855. The third-order valence-electron chi connectivity index (χ3n) is 5.03. The first kappa shape index (κ1) is 19.4. The molecule has 144 valence electrons. The van der Waals surface area contributed by atoms with Crippen LogP contribution in [-0.4, -0.2) is 46.1 Å². The Labute approximate surface area is 164 Å². The van der Waals surface area contributed by atoms with Crippen LogP contribution in [0.5, 0.6) is 0 Å². The molecular weight excluding hydrogens is 364 g/mol. The highest BCUT2D eigenvalue weighted by atomic mass is 35.5. The van der Waals surface area contributed by atoms with E-state index < -0.39 is 0 Å². The number of aromatic nitrogens is 2. The van der Waals surface area contributed by atoms with Crippen molar-refractivity contribution in [1.29, 1.82) is 0 Å². The number of piperidine rings is 1. The van der Waals surface area contributed by atoms with Crippen LogP contribution in [0, 0.1) is 5.92 Å². The van der Waals surface area contributed by atoms with Crippen LogP contribution in [0.15, 0.2) is 30.5 Å². The lowest BCUT2D eigenvalue weighted by Crippen LogP contribution is -2.41. The van der Waals surface area contributed by atoms with Gasteiger partial charge in [0.25, 0.3) is 5.91 Å². The molecule has 2 heterocycles. The van der Waals surface area contributed by atoms with Crippen molar-refractivity contribution in [3.8, 4) is 5.69 Å². The number of carbonyl (C=O) groups is 2. The second kappa shape index (κ2) is 8.57. The Morgan fingerprint density at radius 1 is 1.30 bits per heavy atom. The molecule has 7 heteroatoms. The number of hydrogen-bond donors (Lipinski definition) is 1. The van der Waals surface area contributed by atoms with Crippen LogP contribution in [-0.2, 0) is 11.2 Å². The zero-order chi connectivity index (χ0) is 19.4. The monoisotopic (exact) mass is 388 g/mol. The molecule has 1 aromatic heterocycles. The highest BCUT2D eigenvalue weighted by molar-refractivity contribution is 6.30. The molecule has 0 atom stereocenters. The minimum Gasteiger partial charge on any atom is -0.356 e. The number of likely N-dealkylation sites (tertiary alicyclic amines) is 1. The maximum atomic E-state index is 13.0. The normalized spacial score (nSPS) is 15.0. The van der Waals surface area contributed by atoms with Crippen LogP contribution in [0.1, 0.15) is 42.7 Å². The van der Waals surface area contributed by atoms with Crippen LogP contribution >= 0.6 is 11.6 Å². The van der Waals surface area contributed by atoms with Gasteiger partial charge in [0.15, 0.2) is 0 Å². The standard InChI is InChI=1S/C20H25ClN4O2/c1-3-19-18(13-23-25(19)17-6-4-5-16(21)11-17)20(27)24-9-7-15(8-10-24)12-22-14(2)26/h4-6,11,13,15H,3,7-10,12H2,1-2H3,(H,22,26). The molecule has 1 aromatic carbocycles. The van der Waals surface area contributed by atoms with E-state index in [1.165, 1.54) is 6.92 Å². The van der Waals surface area contributed by atoms with E-state index in [1.54, 1.807) is 10.9 Å². The van der Waals surface area contributed by atoms with Crippen LogP contribution in [0.3, 0.4) is 0 Å². The van der Waals surface area contributed by atoms with Crippen molar-refractivity contribution in [2.45, 2.75) is 33.1 Å². The molecule has 1 aliphatic rings. The van der Waals surface area contributed by atoms with E-state index in [1.807, 2.05) is 36.1 Å². The average Bonchev–Trinajstić information content (AvgIpc) is 3.10. The molecule has 1 aliphatic heterocycles. The van der Waals surface area contributed by atoms with Crippen LogP contribution in [0.25, 0.3) is 5.69 Å². The summed E-state index contributed by atoms with van der Waals surface area (Å²) < 4.78 is 1.79. The Kier molecular flexibility index (Phi) is 6.16. The summed E-state index contributed by atoms with van der Waals surface area (Å²) >= 11 is 6.10. The summed E-state index contributed by atoms with van der Waals surface area (Å²) in [7, 11) is 0. The molecule has 0 spiro atoms. The van der Waals surface area contributed by atoms with E-state index in [0.29, 0.717) is 42.6 Å². The summed E-state index contributed by atoms with van der Waals surface area (Å²) in [5.74, 6) is 0.449.